The van der Waals surface area contributed by atoms with Gasteiger partial charge in [0, 0.05) is 11.4 Å². The van der Waals surface area contributed by atoms with Gasteiger partial charge in [0.05, 0.1) is 6.61 Å². The van der Waals surface area contributed by atoms with Crippen LogP contribution in [0.3, 0.4) is 0 Å². The molecule has 0 spiro atoms. The van der Waals surface area contributed by atoms with Crippen molar-refractivity contribution in [3.05, 3.63) is 46.2 Å². The van der Waals surface area contributed by atoms with Crippen LogP contribution < -0.4 is 14.8 Å². The van der Waals surface area contributed by atoms with E-state index in [2.05, 4.69) is 47.9 Å². The first kappa shape index (κ1) is 18.8. The summed E-state index contributed by atoms with van der Waals surface area (Å²) in [5.74, 6) is 1.63. The van der Waals surface area contributed by atoms with Gasteiger partial charge in [0.1, 0.15) is 6.61 Å². The van der Waals surface area contributed by atoms with Crippen molar-refractivity contribution >= 4 is 11.3 Å². The lowest BCUT2D eigenvalue weighted by atomic mass is 10.2. The summed E-state index contributed by atoms with van der Waals surface area (Å²) in [7, 11) is 4.20. The Morgan fingerprint density at radius 1 is 1.12 bits per heavy atom. The maximum Gasteiger partial charge on any atom is 0.161 e. The molecule has 5 heteroatoms. The lowest BCUT2D eigenvalue weighted by Crippen LogP contribution is -2.21. The van der Waals surface area contributed by atoms with Crippen molar-refractivity contribution in [2.45, 2.75) is 26.5 Å². The monoisotopic (exact) mass is 348 g/mol. The Morgan fingerprint density at radius 2 is 2.00 bits per heavy atom. The van der Waals surface area contributed by atoms with E-state index in [1.165, 1.54) is 10.4 Å². The van der Waals surface area contributed by atoms with E-state index in [9.17, 15) is 0 Å². The molecule has 0 radical (unpaired) electrons. The molecule has 0 saturated carbocycles. The summed E-state index contributed by atoms with van der Waals surface area (Å²) in [6, 6.07) is 10.3. The molecule has 2 aromatic rings. The fourth-order valence-corrected chi connectivity index (χ4v) is 2.96. The van der Waals surface area contributed by atoms with Crippen LogP contribution in [-0.4, -0.2) is 38.7 Å². The van der Waals surface area contributed by atoms with Gasteiger partial charge < -0.3 is 19.7 Å². The third-order valence-corrected chi connectivity index (χ3v) is 4.40. The van der Waals surface area contributed by atoms with Crippen LogP contribution >= 0.6 is 11.3 Å². The predicted octanol–water partition coefficient (Wildman–Crippen LogP) is 3.77. The molecule has 0 amide bonds. The summed E-state index contributed by atoms with van der Waals surface area (Å²) >= 11 is 1.70. The molecule has 2 rings (SSSR count). The minimum Gasteiger partial charge on any atom is -0.490 e. The lowest BCUT2D eigenvalue weighted by molar-refractivity contribution is 0.271. The highest BCUT2D eigenvalue weighted by atomic mass is 32.1. The first-order chi connectivity index (χ1) is 11.7. The van der Waals surface area contributed by atoms with Crippen LogP contribution in [0.5, 0.6) is 11.5 Å². The molecule has 1 aromatic carbocycles. The molecule has 0 aliphatic rings. The van der Waals surface area contributed by atoms with Crippen molar-refractivity contribution < 1.29 is 9.47 Å². The smallest absolute Gasteiger partial charge is 0.161 e. The molecule has 24 heavy (non-hydrogen) atoms. The molecular weight excluding hydrogens is 320 g/mol. The van der Waals surface area contributed by atoms with E-state index in [-0.39, 0.29) is 0 Å². The zero-order valence-electron chi connectivity index (χ0n) is 14.9. The van der Waals surface area contributed by atoms with Gasteiger partial charge in [0.25, 0.3) is 0 Å². The van der Waals surface area contributed by atoms with Gasteiger partial charge >= 0.3 is 0 Å². The third kappa shape index (κ3) is 6.51. The van der Waals surface area contributed by atoms with Gasteiger partial charge in [0.15, 0.2) is 11.5 Å². The number of rotatable bonds is 11. The van der Waals surface area contributed by atoms with Gasteiger partial charge in [-0.15, -0.1) is 11.3 Å². The Kier molecular flexibility index (Phi) is 8.08. The second-order valence-corrected chi connectivity index (χ2v) is 6.95. The van der Waals surface area contributed by atoms with Crippen LogP contribution in [0.1, 0.15) is 23.8 Å². The summed E-state index contributed by atoms with van der Waals surface area (Å²) in [5, 5.41) is 5.54. The average Bonchev–Trinajstić information content (AvgIpc) is 3.07. The fraction of sp³-hybridized carbons (Fsp3) is 0.474. The highest BCUT2D eigenvalue weighted by Gasteiger charge is 2.07. The number of hydrogen-bond donors (Lipinski definition) is 1. The van der Waals surface area contributed by atoms with Crippen LogP contribution in [0, 0.1) is 0 Å². The summed E-state index contributed by atoms with van der Waals surface area (Å²) in [6.45, 7) is 6.17. The molecule has 1 heterocycles. The molecule has 0 fully saturated rings. The molecule has 0 bridgehead atoms. The van der Waals surface area contributed by atoms with Crippen LogP contribution in [-0.2, 0) is 13.2 Å². The maximum absolute atomic E-state index is 5.92. The highest BCUT2D eigenvalue weighted by Crippen LogP contribution is 2.29. The molecule has 4 nitrogen and oxygen atoms in total. The van der Waals surface area contributed by atoms with Crippen molar-refractivity contribution in [2.24, 2.45) is 0 Å². The minimum absolute atomic E-state index is 0.583. The van der Waals surface area contributed by atoms with E-state index >= 15 is 0 Å². The van der Waals surface area contributed by atoms with Gasteiger partial charge in [0.2, 0.25) is 0 Å². The SMILES string of the molecule is CCOc1cc(CNCCCN(C)C)ccc1OCc1cccs1. The molecule has 1 N–H and O–H groups in total. The van der Waals surface area contributed by atoms with E-state index in [1.807, 2.05) is 19.1 Å². The zero-order chi connectivity index (χ0) is 17.2. The Hall–Kier alpha value is -1.56. The minimum atomic E-state index is 0.583. The Bertz CT molecular complexity index is 585. The Balaban J connectivity index is 1.87. The summed E-state index contributed by atoms with van der Waals surface area (Å²) < 4.78 is 11.7. The number of nitrogens with zero attached hydrogens (tertiary/aromatic N) is 1. The quantitative estimate of drug-likeness (QED) is 0.627. The average molecular weight is 349 g/mol. The normalized spacial score (nSPS) is 11.0. The third-order valence-electron chi connectivity index (χ3n) is 3.55. The number of thiophene rings is 1. The topological polar surface area (TPSA) is 33.7 Å². The lowest BCUT2D eigenvalue weighted by Gasteiger charge is -2.14. The second kappa shape index (κ2) is 10.3. The summed E-state index contributed by atoms with van der Waals surface area (Å²) in [4.78, 5) is 3.42. The van der Waals surface area contributed by atoms with Gasteiger partial charge in [-0.25, -0.2) is 0 Å². The zero-order valence-corrected chi connectivity index (χ0v) is 15.7. The standard InChI is InChI=1S/C19H28N2O2S/c1-4-22-19-13-16(14-20-10-6-11-21(2)3)8-9-18(19)23-15-17-7-5-12-24-17/h5,7-9,12-13,20H,4,6,10-11,14-15H2,1-3H3. The number of benzene rings is 1. The molecule has 0 atom stereocenters. The van der Waals surface area contributed by atoms with E-state index in [0.717, 1.165) is 37.6 Å². The van der Waals surface area contributed by atoms with Crippen molar-refractivity contribution in [1.29, 1.82) is 0 Å². The van der Waals surface area contributed by atoms with E-state index in [4.69, 9.17) is 9.47 Å². The van der Waals surface area contributed by atoms with Gasteiger partial charge in [-0.2, -0.15) is 0 Å². The largest absolute Gasteiger partial charge is 0.490 e. The second-order valence-electron chi connectivity index (χ2n) is 5.92. The van der Waals surface area contributed by atoms with Crippen LogP contribution in [0.2, 0.25) is 0 Å². The van der Waals surface area contributed by atoms with Gasteiger partial charge in [-0.1, -0.05) is 12.1 Å². The Morgan fingerprint density at radius 3 is 2.71 bits per heavy atom. The molecule has 0 unspecified atom stereocenters. The number of ether oxygens (including phenoxy) is 2. The van der Waals surface area contributed by atoms with E-state index in [1.54, 1.807) is 11.3 Å². The van der Waals surface area contributed by atoms with Crippen molar-refractivity contribution in [2.75, 3.05) is 33.8 Å². The predicted molar refractivity (Wildman–Crippen MR) is 101 cm³/mol. The van der Waals surface area contributed by atoms with Crippen LogP contribution in [0.15, 0.2) is 35.7 Å². The molecule has 0 aliphatic heterocycles. The highest BCUT2D eigenvalue weighted by molar-refractivity contribution is 7.09. The fourth-order valence-electron chi connectivity index (χ4n) is 2.35. The van der Waals surface area contributed by atoms with Gasteiger partial charge in [-0.05, 0) is 69.7 Å². The Labute approximate surface area is 149 Å². The number of nitrogens with one attached hydrogen (secondary N) is 1. The maximum atomic E-state index is 5.92. The van der Waals surface area contributed by atoms with Gasteiger partial charge in [-0.3, -0.25) is 0 Å². The molecule has 0 saturated heterocycles. The summed E-state index contributed by atoms with van der Waals surface area (Å²) in [6.07, 6.45) is 1.15. The molecule has 0 aliphatic carbocycles. The van der Waals surface area contributed by atoms with Crippen molar-refractivity contribution in [1.82, 2.24) is 10.2 Å². The van der Waals surface area contributed by atoms with Crippen LogP contribution in [0.25, 0.3) is 0 Å². The summed E-state index contributed by atoms with van der Waals surface area (Å²) in [5.41, 5.74) is 1.21. The van der Waals surface area contributed by atoms with E-state index < -0.39 is 0 Å². The van der Waals surface area contributed by atoms with Crippen molar-refractivity contribution in [3.63, 3.8) is 0 Å². The first-order valence-corrected chi connectivity index (χ1v) is 9.33. The van der Waals surface area contributed by atoms with Crippen molar-refractivity contribution in [3.8, 4) is 11.5 Å². The number of hydrogen-bond acceptors (Lipinski definition) is 5. The molecule has 1 aromatic heterocycles. The molecule has 132 valence electrons. The van der Waals surface area contributed by atoms with Crippen LogP contribution in [0.4, 0.5) is 0 Å². The molecular formula is C19H28N2O2S. The first-order valence-electron chi connectivity index (χ1n) is 8.45. The van der Waals surface area contributed by atoms with E-state index in [0.29, 0.717) is 13.2 Å².